The van der Waals surface area contributed by atoms with Crippen molar-refractivity contribution in [1.29, 1.82) is 0 Å². The van der Waals surface area contributed by atoms with Gasteiger partial charge in [0, 0.05) is 18.1 Å². The van der Waals surface area contributed by atoms with E-state index in [9.17, 15) is 4.79 Å². The van der Waals surface area contributed by atoms with Crippen molar-refractivity contribution < 1.29 is 4.79 Å². The molecule has 2 saturated carbocycles. The molecule has 1 heterocycles. The lowest BCUT2D eigenvalue weighted by Gasteiger charge is -2.21. The molecule has 0 spiro atoms. The van der Waals surface area contributed by atoms with E-state index in [1.807, 2.05) is 5.38 Å². The number of nitrogens with zero attached hydrogens (tertiary/aromatic N) is 1. The lowest BCUT2D eigenvalue weighted by molar-refractivity contribution is 0.249. The third kappa shape index (κ3) is 2.66. The molecule has 3 unspecified atom stereocenters. The Morgan fingerprint density at radius 1 is 1.44 bits per heavy atom. The van der Waals surface area contributed by atoms with Gasteiger partial charge in [0.15, 0.2) is 5.13 Å². The van der Waals surface area contributed by atoms with Crippen LogP contribution >= 0.6 is 11.3 Å². The van der Waals surface area contributed by atoms with Crippen LogP contribution in [0.2, 0.25) is 0 Å². The summed E-state index contributed by atoms with van der Waals surface area (Å²) in [6, 6.07) is -0.131. The Balaban J connectivity index is 1.36. The average Bonchev–Trinajstić information content (AvgIpc) is 3.04. The molecule has 0 aliphatic heterocycles. The second kappa shape index (κ2) is 5.26. The summed E-state index contributed by atoms with van der Waals surface area (Å²) in [6.07, 6.45) is 8.51. The van der Waals surface area contributed by atoms with Crippen molar-refractivity contribution in [1.82, 2.24) is 10.3 Å². The molecular formula is C13H19N3OS. The summed E-state index contributed by atoms with van der Waals surface area (Å²) in [5.74, 6) is 2.78. The maximum Gasteiger partial charge on any atom is 0.321 e. The van der Waals surface area contributed by atoms with Crippen molar-refractivity contribution in [2.24, 2.45) is 17.8 Å². The van der Waals surface area contributed by atoms with E-state index in [-0.39, 0.29) is 6.03 Å². The van der Waals surface area contributed by atoms with Crippen molar-refractivity contribution in [3.8, 4) is 0 Å². The lowest BCUT2D eigenvalue weighted by atomic mass is 9.86. The fourth-order valence-electron chi connectivity index (χ4n) is 3.53. The second-order valence-electron chi connectivity index (χ2n) is 5.44. The fraction of sp³-hybridized carbons (Fsp3) is 0.692. The van der Waals surface area contributed by atoms with Crippen LogP contribution in [0.5, 0.6) is 0 Å². The van der Waals surface area contributed by atoms with Gasteiger partial charge in [-0.15, -0.1) is 11.3 Å². The van der Waals surface area contributed by atoms with Gasteiger partial charge < -0.3 is 5.32 Å². The molecular weight excluding hydrogens is 246 g/mol. The van der Waals surface area contributed by atoms with Crippen molar-refractivity contribution in [3.05, 3.63) is 11.6 Å². The molecule has 0 saturated heterocycles. The molecule has 0 radical (unpaired) electrons. The smallest absolute Gasteiger partial charge is 0.321 e. The summed E-state index contributed by atoms with van der Waals surface area (Å²) in [4.78, 5) is 15.6. The van der Waals surface area contributed by atoms with Gasteiger partial charge in [0.1, 0.15) is 0 Å². The predicted octanol–water partition coefficient (Wildman–Crippen LogP) is 3.09. The number of amides is 2. The maximum absolute atomic E-state index is 11.6. The summed E-state index contributed by atoms with van der Waals surface area (Å²) >= 11 is 1.44. The summed E-state index contributed by atoms with van der Waals surface area (Å²) < 4.78 is 0. The quantitative estimate of drug-likeness (QED) is 0.879. The Morgan fingerprint density at radius 2 is 2.39 bits per heavy atom. The van der Waals surface area contributed by atoms with Crippen LogP contribution in [0.15, 0.2) is 11.6 Å². The van der Waals surface area contributed by atoms with E-state index in [2.05, 4.69) is 15.6 Å². The van der Waals surface area contributed by atoms with E-state index >= 15 is 0 Å². The molecule has 2 fully saturated rings. The highest BCUT2D eigenvalue weighted by Crippen LogP contribution is 2.49. The maximum atomic E-state index is 11.6. The number of aromatic nitrogens is 1. The molecule has 1 aromatic rings. The van der Waals surface area contributed by atoms with Gasteiger partial charge in [-0.25, -0.2) is 9.78 Å². The van der Waals surface area contributed by atoms with E-state index in [1.54, 1.807) is 6.20 Å². The van der Waals surface area contributed by atoms with Crippen molar-refractivity contribution in [3.63, 3.8) is 0 Å². The zero-order chi connectivity index (χ0) is 12.4. The molecule has 2 bridgehead atoms. The number of rotatable bonds is 4. The van der Waals surface area contributed by atoms with E-state index < -0.39 is 0 Å². The zero-order valence-electron chi connectivity index (χ0n) is 10.4. The molecule has 1 aromatic heterocycles. The van der Waals surface area contributed by atoms with Gasteiger partial charge >= 0.3 is 6.03 Å². The van der Waals surface area contributed by atoms with Gasteiger partial charge in [-0.2, -0.15) is 0 Å². The van der Waals surface area contributed by atoms with Crippen LogP contribution < -0.4 is 10.6 Å². The van der Waals surface area contributed by atoms with Gasteiger partial charge in [0.05, 0.1) is 0 Å². The number of carbonyl (C=O) groups excluding carboxylic acids is 1. The Labute approximate surface area is 111 Å². The molecule has 3 atom stereocenters. The third-order valence-corrected chi connectivity index (χ3v) is 5.03. The van der Waals surface area contributed by atoms with Crippen LogP contribution in [-0.4, -0.2) is 17.6 Å². The van der Waals surface area contributed by atoms with E-state index in [0.29, 0.717) is 5.13 Å². The number of anilines is 1. The molecule has 5 heteroatoms. The van der Waals surface area contributed by atoms with Crippen LogP contribution in [0.1, 0.15) is 32.1 Å². The lowest BCUT2D eigenvalue weighted by Crippen LogP contribution is -2.31. The molecule has 2 N–H and O–H groups in total. The van der Waals surface area contributed by atoms with E-state index in [0.717, 1.165) is 30.7 Å². The standard InChI is InChI=1S/C13H19N3OS/c17-12(16-13-15-5-6-18-13)14-4-3-11-8-9-1-2-10(11)7-9/h5-6,9-11H,1-4,7-8H2,(H2,14,15,16,17). The van der Waals surface area contributed by atoms with Gasteiger partial charge in [0.2, 0.25) is 0 Å². The summed E-state index contributed by atoms with van der Waals surface area (Å²) in [5.41, 5.74) is 0. The van der Waals surface area contributed by atoms with Gasteiger partial charge in [-0.3, -0.25) is 5.32 Å². The van der Waals surface area contributed by atoms with Crippen LogP contribution in [0, 0.1) is 17.8 Å². The topological polar surface area (TPSA) is 54.0 Å². The number of fused-ring (bicyclic) bond motifs is 2. The predicted molar refractivity (Wildman–Crippen MR) is 72.7 cm³/mol. The first-order valence-corrected chi connectivity index (χ1v) is 7.63. The number of nitrogens with one attached hydrogen (secondary N) is 2. The minimum Gasteiger partial charge on any atom is -0.338 e. The molecule has 0 aromatic carbocycles. The van der Waals surface area contributed by atoms with E-state index in [4.69, 9.17) is 0 Å². The minimum atomic E-state index is -0.131. The Bertz CT molecular complexity index is 406. The minimum absolute atomic E-state index is 0.131. The van der Waals surface area contributed by atoms with Gasteiger partial charge in [-0.05, 0) is 43.4 Å². The Kier molecular flexibility index (Phi) is 3.50. The monoisotopic (exact) mass is 265 g/mol. The number of thiazole rings is 1. The van der Waals surface area contributed by atoms with Crippen LogP contribution in [0.25, 0.3) is 0 Å². The molecule has 2 aliphatic rings. The largest absolute Gasteiger partial charge is 0.338 e. The molecule has 18 heavy (non-hydrogen) atoms. The van der Waals surface area contributed by atoms with Crippen LogP contribution in [-0.2, 0) is 0 Å². The number of hydrogen-bond donors (Lipinski definition) is 2. The third-order valence-electron chi connectivity index (χ3n) is 4.34. The molecule has 4 nitrogen and oxygen atoms in total. The van der Waals surface area contributed by atoms with Gasteiger partial charge in [0.25, 0.3) is 0 Å². The van der Waals surface area contributed by atoms with Crippen molar-refractivity contribution in [2.45, 2.75) is 32.1 Å². The number of urea groups is 1. The zero-order valence-corrected chi connectivity index (χ0v) is 11.2. The molecule has 3 rings (SSSR count). The highest BCUT2D eigenvalue weighted by Gasteiger charge is 2.38. The first-order chi connectivity index (χ1) is 8.81. The first-order valence-electron chi connectivity index (χ1n) is 6.75. The molecule has 2 amide bonds. The Hall–Kier alpha value is -1.10. The normalized spacial score (nSPS) is 29.4. The van der Waals surface area contributed by atoms with Crippen molar-refractivity contribution in [2.75, 3.05) is 11.9 Å². The van der Waals surface area contributed by atoms with E-state index in [1.165, 1.54) is 37.0 Å². The van der Waals surface area contributed by atoms with Crippen LogP contribution in [0.3, 0.4) is 0 Å². The Morgan fingerprint density at radius 3 is 3.06 bits per heavy atom. The second-order valence-corrected chi connectivity index (χ2v) is 6.34. The molecule has 2 aliphatic carbocycles. The number of carbonyl (C=O) groups is 1. The summed E-state index contributed by atoms with van der Waals surface area (Å²) in [6.45, 7) is 0.783. The fourth-order valence-corrected chi connectivity index (χ4v) is 4.05. The van der Waals surface area contributed by atoms with Gasteiger partial charge in [-0.1, -0.05) is 6.42 Å². The average molecular weight is 265 g/mol. The van der Waals surface area contributed by atoms with Crippen molar-refractivity contribution >= 4 is 22.5 Å². The highest BCUT2D eigenvalue weighted by atomic mass is 32.1. The highest BCUT2D eigenvalue weighted by molar-refractivity contribution is 7.13. The SMILES string of the molecule is O=C(NCCC1CC2CCC1C2)Nc1nccs1. The molecule has 98 valence electrons. The first kappa shape index (κ1) is 12.0. The summed E-state index contributed by atoms with van der Waals surface area (Å²) in [7, 11) is 0. The summed E-state index contributed by atoms with van der Waals surface area (Å²) in [5, 5.41) is 8.17. The van der Waals surface area contributed by atoms with Crippen LogP contribution in [0.4, 0.5) is 9.93 Å². The number of hydrogen-bond acceptors (Lipinski definition) is 3.